The normalized spacial score (nSPS) is 33.1. The van der Waals surface area contributed by atoms with Crippen LogP contribution in [0.1, 0.15) is 116 Å². The van der Waals surface area contributed by atoms with Gasteiger partial charge in [-0.3, -0.25) is 0 Å². The Morgan fingerprint density at radius 3 is 1.88 bits per heavy atom. The van der Waals surface area contributed by atoms with Crippen molar-refractivity contribution in [3.63, 3.8) is 0 Å². The van der Waals surface area contributed by atoms with E-state index in [1.807, 2.05) is 0 Å². The van der Waals surface area contributed by atoms with E-state index in [0.717, 1.165) is 23.7 Å². The van der Waals surface area contributed by atoms with Crippen LogP contribution in [0, 0.1) is 29.1 Å². The molecule has 3 aliphatic rings. The number of hydrogen-bond acceptors (Lipinski definition) is 0. The van der Waals surface area contributed by atoms with E-state index in [1.165, 1.54) is 107 Å². The number of rotatable bonds is 9. The van der Waals surface area contributed by atoms with E-state index in [1.54, 1.807) is 0 Å². The summed E-state index contributed by atoms with van der Waals surface area (Å²) in [5.74, 6) is 3.83. The van der Waals surface area contributed by atoms with Crippen molar-refractivity contribution in [3.05, 3.63) is 54.1 Å². The molecule has 1 unspecified atom stereocenters. The first kappa shape index (κ1) is 23.8. The van der Waals surface area contributed by atoms with Gasteiger partial charge in [0.2, 0.25) is 0 Å². The van der Waals surface area contributed by atoms with E-state index in [9.17, 15) is 0 Å². The van der Waals surface area contributed by atoms with Crippen LogP contribution in [-0.4, -0.2) is 0 Å². The monoisotopic (exact) mass is 432 g/mol. The molecule has 0 heterocycles. The summed E-state index contributed by atoms with van der Waals surface area (Å²) in [7, 11) is 0. The van der Waals surface area contributed by atoms with Crippen molar-refractivity contribution in [1.82, 2.24) is 0 Å². The van der Waals surface area contributed by atoms with Gasteiger partial charge in [0, 0.05) is 0 Å². The summed E-state index contributed by atoms with van der Waals surface area (Å²) in [4.78, 5) is 0. The Morgan fingerprint density at radius 1 is 0.719 bits per heavy atom. The minimum atomic E-state index is 0.434. The molecule has 0 bridgehead atoms. The molecule has 2 fully saturated rings. The molecule has 0 spiro atoms. The lowest BCUT2D eigenvalue weighted by molar-refractivity contribution is 0.0475. The Balaban J connectivity index is 1.46. The summed E-state index contributed by atoms with van der Waals surface area (Å²) in [5, 5.41) is 0. The summed E-state index contributed by atoms with van der Waals surface area (Å²) in [6.45, 7) is 4.70. The van der Waals surface area contributed by atoms with E-state index in [0.29, 0.717) is 5.41 Å². The van der Waals surface area contributed by atoms with E-state index >= 15 is 0 Å². The third-order valence-corrected chi connectivity index (χ3v) is 9.48. The molecule has 0 aromatic heterocycles. The molecule has 176 valence electrons. The molecule has 0 radical (unpaired) electrons. The maximum atomic E-state index is 2.74. The van der Waals surface area contributed by atoms with Crippen molar-refractivity contribution in [1.29, 1.82) is 0 Å². The van der Waals surface area contributed by atoms with Crippen LogP contribution in [-0.2, 0) is 0 Å². The predicted molar refractivity (Wildman–Crippen MR) is 141 cm³/mol. The SMILES string of the molecule is CCCCC[C@H]1CC[C@H](C2([C@H]3CC[C@H](CCC)CC3)C=CC(c3ccccc3)=CC2)CC1. The summed E-state index contributed by atoms with van der Waals surface area (Å²) in [6, 6.07) is 11.1. The van der Waals surface area contributed by atoms with Crippen molar-refractivity contribution >= 4 is 5.57 Å². The minimum Gasteiger partial charge on any atom is -0.0768 e. The Hall–Kier alpha value is -1.30. The molecular formula is C32H48. The summed E-state index contributed by atoms with van der Waals surface area (Å²) in [5.41, 5.74) is 3.28. The fourth-order valence-corrected chi connectivity index (χ4v) is 7.52. The molecule has 3 aliphatic carbocycles. The molecule has 2 saturated carbocycles. The molecule has 4 rings (SSSR count). The molecule has 0 aliphatic heterocycles. The zero-order chi connectivity index (χ0) is 22.2. The predicted octanol–water partition coefficient (Wildman–Crippen LogP) is 10.0. The van der Waals surface area contributed by atoms with Gasteiger partial charge in [-0.15, -0.1) is 0 Å². The van der Waals surface area contributed by atoms with Crippen molar-refractivity contribution < 1.29 is 0 Å². The first-order valence-electron chi connectivity index (χ1n) is 14.2. The van der Waals surface area contributed by atoms with Crippen LogP contribution in [0.3, 0.4) is 0 Å². The lowest BCUT2D eigenvalue weighted by atomic mass is 9.54. The first-order chi connectivity index (χ1) is 15.7. The number of unbranched alkanes of at least 4 members (excludes halogenated alkanes) is 2. The average molecular weight is 433 g/mol. The summed E-state index contributed by atoms with van der Waals surface area (Å²) >= 11 is 0. The average Bonchev–Trinajstić information content (AvgIpc) is 2.86. The number of hydrogen-bond donors (Lipinski definition) is 0. The van der Waals surface area contributed by atoms with Crippen LogP contribution in [0.4, 0.5) is 0 Å². The highest BCUT2D eigenvalue weighted by Gasteiger charge is 2.45. The van der Waals surface area contributed by atoms with Gasteiger partial charge in [0.1, 0.15) is 0 Å². The van der Waals surface area contributed by atoms with E-state index < -0.39 is 0 Å². The van der Waals surface area contributed by atoms with Gasteiger partial charge in [0.25, 0.3) is 0 Å². The molecule has 0 amide bonds. The Bertz CT molecular complexity index is 725. The fourth-order valence-electron chi connectivity index (χ4n) is 7.52. The summed E-state index contributed by atoms with van der Waals surface area (Å²) in [6.07, 6.45) is 29.6. The van der Waals surface area contributed by atoms with Gasteiger partial charge < -0.3 is 0 Å². The molecule has 1 aromatic rings. The maximum Gasteiger partial charge on any atom is -0.00237 e. The highest BCUT2D eigenvalue weighted by Crippen LogP contribution is 2.55. The zero-order valence-corrected chi connectivity index (χ0v) is 21.0. The van der Waals surface area contributed by atoms with E-state index in [-0.39, 0.29) is 0 Å². The molecule has 1 aromatic carbocycles. The van der Waals surface area contributed by atoms with Gasteiger partial charge >= 0.3 is 0 Å². The second-order valence-corrected chi connectivity index (χ2v) is 11.4. The van der Waals surface area contributed by atoms with Crippen LogP contribution in [0.5, 0.6) is 0 Å². The quantitative estimate of drug-likeness (QED) is 0.340. The lowest BCUT2D eigenvalue weighted by Gasteiger charge is -2.50. The molecule has 0 N–H and O–H groups in total. The van der Waals surface area contributed by atoms with Crippen LogP contribution in [0.2, 0.25) is 0 Å². The zero-order valence-electron chi connectivity index (χ0n) is 21.0. The van der Waals surface area contributed by atoms with Crippen molar-refractivity contribution in [2.45, 2.75) is 110 Å². The van der Waals surface area contributed by atoms with Crippen LogP contribution in [0.25, 0.3) is 5.57 Å². The van der Waals surface area contributed by atoms with E-state index in [4.69, 9.17) is 0 Å². The van der Waals surface area contributed by atoms with Crippen LogP contribution < -0.4 is 0 Å². The van der Waals surface area contributed by atoms with Gasteiger partial charge in [-0.2, -0.15) is 0 Å². The van der Waals surface area contributed by atoms with Gasteiger partial charge in [-0.25, -0.2) is 0 Å². The highest BCUT2D eigenvalue weighted by atomic mass is 14.5. The van der Waals surface area contributed by atoms with Gasteiger partial charge in [0.05, 0.1) is 0 Å². The smallest absolute Gasteiger partial charge is 0.00237 e. The van der Waals surface area contributed by atoms with Crippen LogP contribution in [0.15, 0.2) is 48.6 Å². The maximum absolute atomic E-state index is 2.74. The van der Waals surface area contributed by atoms with Crippen molar-refractivity contribution in [2.24, 2.45) is 29.1 Å². The highest BCUT2D eigenvalue weighted by molar-refractivity contribution is 5.75. The lowest BCUT2D eigenvalue weighted by Crippen LogP contribution is -2.41. The molecule has 32 heavy (non-hydrogen) atoms. The summed E-state index contributed by atoms with van der Waals surface area (Å²) < 4.78 is 0. The Labute approximate surface area is 199 Å². The topological polar surface area (TPSA) is 0 Å². The number of allylic oxidation sites excluding steroid dienone is 4. The number of benzene rings is 1. The molecule has 1 atom stereocenters. The first-order valence-corrected chi connectivity index (χ1v) is 14.2. The van der Waals surface area contributed by atoms with Crippen molar-refractivity contribution in [3.8, 4) is 0 Å². The molecule has 0 nitrogen and oxygen atoms in total. The second kappa shape index (κ2) is 11.7. The third-order valence-electron chi connectivity index (χ3n) is 9.48. The Kier molecular flexibility index (Phi) is 8.73. The van der Waals surface area contributed by atoms with Crippen LogP contribution >= 0.6 is 0 Å². The molecule has 0 saturated heterocycles. The fraction of sp³-hybridized carbons (Fsp3) is 0.688. The second-order valence-electron chi connectivity index (χ2n) is 11.4. The van der Waals surface area contributed by atoms with Crippen molar-refractivity contribution in [2.75, 3.05) is 0 Å². The Morgan fingerprint density at radius 2 is 1.34 bits per heavy atom. The minimum absolute atomic E-state index is 0.434. The van der Waals surface area contributed by atoms with Gasteiger partial charge in [0.15, 0.2) is 0 Å². The third kappa shape index (κ3) is 5.60. The molecular weight excluding hydrogens is 384 g/mol. The van der Waals surface area contributed by atoms with Gasteiger partial charge in [-0.05, 0) is 72.3 Å². The van der Waals surface area contributed by atoms with E-state index in [2.05, 4.69) is 62.4 Å². The largest absolute Gasteiger partial charge is 0.0768 e. The van der Waals surface area contributed by atoms with Gasteiger partial charge in [-0.1, -0.05) is 127 Å². The standard InChI is InChI=1S/C32H48/c1-3-5-7-11-27-16-20-31(21-17-27)32(30-18-14-26(10-4-2)15-19-30)24-22-29(23-25-32)28-12-8-6-9-13-28/h6,8-9,12-13,22-24,26-27,30-31H,3-5,7,10-11,14-21,25H2,1-2H3/t26-,27-,30-,31-,32?. The molecule has 0 heteroatoms.